The second kappa shape index (κ2) is 7.81. The van der Waals surface area contributed by atoms with Gasteiger partial charge in [-0.15, -0.1) is 12.4 Å². The van der Waals surface area contributed by atoms with Crippen molar-refractivity contribution in [1.29, 1.82) is 0 Å². The van der Waals surface area contributed by atoms with Crippen LogP contribution in [0.3, 0.4) is 0 Å². The predicted octanol–water partition coefficient (Wildman–Crippen LogP) is 3.64. The van der Waals surface area contributed by atoms with E-state index in [-0.39, 0.29) is 24.4 Å². The SMILES string of the molecule is CC(N)CCC(=O)N1CCCc2cc(C(C)C)ccc21.Cl. The van der Waals surface area contributed by atoms with E-state index >= 15 is 0 Å². The summed E-state index contributed by atoms with van der Waals surface area (Å²) in [5.74, 6) is 0.741. The Morgan fingerprint density at radius 3 is 2.67 bits per heavy atom. The lowest BCUT2D eigenvalue weighted by Gasteiger charge is -2.30. The Kier molecular flexibility index (Phi) is 6.69. The second-order valence-electron chi connectivity index (χ2n) is 6.21. The third kappa shape index (κ3) is 4.45. The van der Waals surface area contributed by atoms with Crippen molar-refractivity contribution in [2.75, 3.05) is 11.4 Å². The van der Waals surface area contributed by atoms with Crippen LogP contribution in [-0.4, -0.2) is 18.5 Å². The Bertz CT molecular complexity index is 486. The van der Waals surface area contributed by atoms with Gasteiger partial charge in [0.2, 0.25) is 5.91 Å². The maximum absolute atomic E-state index is 12.4. The number of halogens is 1. The second-order valence-corrected chi connectivity index (χ2v) is 6.21. The fourth-order valence-electron chi connectivity index (χ4n) is 2.72. The molecule has 4 heteroatoms. The van der Waals surface area contributed by atoms with E-state index in [1.807, 2.05) is 11.8 Å². The minimum absolute atomic E-state index is 0. The molecule has 0 aromatic heterocycles. The zero-order valence-corrected chi connectivity index (χ0v) is 14.1. The first kappa shape index (κ1) is 18.0. The van der Waals surface area contributed by atoms with E-state index in [4.69, 9.17) is 5.73 Å². The van der Waals surface area contributed by atoms with Crippen molar-refractivity contribution < 1.29 is 4.79 Å². The highest BCUT2D eigenvalue weighted by Crippen LogP contribution is 2.30. The molecule has 1 heterocycles. The number of hydrogen-bond acceptors (Lipinski definition) is 2. The number of hydrogen-bond donors (Lipinski definition) is 1. The van der Waals surface area contributed by atoms with Crippen molar-refractivity contribution in [1.82, 2.24) is 0 Å². The van der Waals surface area contributed by atoms with Crippen molar-refractivity contribution in [3.63, 3.8) is 0 Å². The predicted molar refractivity (Wildman–Crippen MR) is 91.3 cm³/mol. The van der Waals surface area contributed by atoms with E-state index in [9.17, 15) is 4.79 Å². The summed E-state index contributed by atoms with van der Waals surface area (Å²) in [7, 11) is 0. The molecule has 0 saturated carbocycles. The normalized spacial score (nSPS) is 15.4. The van der Waals surface area contributed by atoms with Crippen LogP contribution in [0, 0.1) is 0 Å². The largest absolute Gasteiger partial charge is 0.328 e. The molecule has 118 valence electrons. The van der Waals surface area contributed by atoms with Crippen molar-refractivity contribution in [3.8, 4) is 0 Å². The molecule has 21 heavy (non-hydrogen) atoms. The van der Waals surface area contributed by atoms with Gasteiger partial charge >= 0.3 is 0 Å². The monoisotopic (exact) mass is 310 g/mol. The molecular weight excluding hydrogens is 284 g/mol. The lowest BCUT2D eigenvalue weighted by molar-refractivity contribution is -0.118. The number of nitrogens with two attached hydrogens (primary N) is 1. The minimum Gasteiger partial charge on any atom is -0.328 e. The van der Waals surface area contributed by atoms with Crippen molar-refractivity contribution >= 4 is 24.0 Å². The zero-order valence-electron chi connectivity index (χ0n) is 13.3. The van der Waals surface area contributed by atoms with E-state index in [1.54, 1.807) is 0 Å². The van der Waals surface area contributed by atoms with Crippen LogP contribution in [0.15, 0.2) is 18.2 Å². The van der Waals surface area contributed by atoms with Crippen LogP contribution < -0.4 is 10.6 Å². The molecule has 1 atom stereocenters. The summed E-state index contributed by atoms with van der Waals surface area (Å²) in [5, 5.41) is 0. The maximum Gasteiger partial charge on any atom is 0.227 e. The number of nitrogens with zero attached hydrogens (tertiary/aromatic N) is 1. The molecule has 0 radical (unpaired) electrons. The Morgan fingerprint density at radius 2 is 2.05 bits per heavy atom. The fourth-order valence-corrected chi connectivity index (χ4v) is 2.72. The highest BCUT2D eigenvalue weighted by atomic mass is 35.5. The molecule has 2 N–H and O–H groups in total. The van der Waals surface area contributed by atoms with Crippen LogP contribution in [0.4, 0.5) is 5.69 Å². The summed E-state index contributed by atoms with van der Waals surface area (Å²) in [6, 6.07) is 6.63. The summed E-state index contributed by atoms with van der Waals surface area (Å²) in [6.45, 7) is 7.20. The maximum atomic E-state index is 12.4. The Labute approximate surface area is 134 Å². The molecule has 0 aliphatic carbocycles. The molecule has 1 aromatic rings. The number of amides is 1. The van der Waals surface area contributed by atoms with Crippen LogP contribution in [-0.2, 0) is 11.2 Å². The summed E-state index contributed by atoms with van der Waals surface area (Å²) in [6.07, 6.45) is 3.43. The minimum atomic E-state index is 0. The van der Waals surface area contributed by atoms with E-state index < -0.39 is 0 Å². The molecule has 1 amide bonds. The third-order valence-electron chi connectivity index (χ3n) is 4.00. The first-order chi connectivity index (χ1) is 9.49. The number of rotatable bonds is 4. The van der Waals surface area contributed by atoms with Gasteiger partial charge in [0, 0.05) is 24.7 Å². The van der Waals surface area contributed by atoms with Crippen molar-refractivity contribution in [2.45, 2.75) is 58.4 Å². The molecule has 0 saturated heterocycles. The topological polar surface area (TPSA) is 46.3 Å². The van der Waals surface area contributed by atoms with Crippen LogP contribution in [0.25, 0.3) is 0 Å². The van der Waals surface area contributed by atoms with Crippen molar-refractivity contribution in [2.24, 2.45) is 5.73 Å². The van der Waals surface area contributed by atoms with Crippen LogP contribution >= 0.6 is 12.4 Å². The van der Waals surface area contributed by atoms with Crippen LogP contribution in [0.2, 0.25) is 0 Å². The molecule has 1 aliphatic heterocycles. The number of carbonyl (C=O) groups excluding carboxylic acids is 1. The van der Waals surface area contributed by atoms with Gasteiger partial charge in [-0.05, 0) is 49.3 Å². The van der Waals surface area contributed by atoms with E-state index in [2.05, 4.69) is 32.0 Å². The van der Waals surface area contributed by atoms with E-state index in [1.165, 1.54) is 11.1 Å². The number of benzene rings is 1. The summed E-state index contributed by atoms with van der Waals surface area (Å²) < 4.78 is 0. The lowest BCUT2D eigenvalue weighted by Crippen LogP contribution is -2.36. The molecule has 0 fully saturated rings. The molecule has 1 aliphatic rings. The van der Waals surface area contributed by atoms with Gasteiger partial charge in [-0.1, -0.05) is 26.0 Å². The molecule has 2 rings (SSSR count). The number of carbonyl (C=O) groups is 1. The van der Waals surface area contributed by atoms with Crippen LogP contribution in [0.1, 0.15) is 57.1 Å². The van der Waals surface area contributed by atoms with Crippen LogP contribution in [0.5, 0.6) is 0 Å². The fraction of sp³-hybridized carbons (Fsp3) is 0.588. The van der Waals surface area contributed by atoms with Gasteiger partial charge in [0.15, 0.2) is 0 Å². The lowest BCUT2D eigenvalue weighted by atomic mass is 9.94. The molecule has 0 bridgehead atoms. The molecule has 3 nitrogen and oxygen atoms in total. The average Bonchev–Trinajstić information content (AvgIpc) is 2.43. The molecule has 0 spiro atoms. The first-order valence-electron chi connectivity index (χ1n) is 7.68. The Balaban J connectivity index is 0.00000220. The van der Waals surface area contributed by atoms with Gasteiger partial charge < -0.3 is 10.6 Å². The number of anilines is 1. The quantitative estimate of drug-likeness (QED) is 0.923. The highest BCUT2D eigenvalue weighted by molar-refractivity contribution is 5.94. The Morgan fingerprint density at radius 1 is 1.33 bits per heavy atom. The third-order valence-corrected chi connectivity index (χ3v) is 4.00. The van der Waals surface area contributed by atoms with Gasteiger partial charge in [-0.2, -0.15) is 0 Å². The summed E-state index contributed by atoms with van der Waals surface area (Å²) in [5.41, 5.74) is 9.53. The summed E-state index contributed by atoms with van der Waals surface area (Å²) in [4.78, 5) is 14.3. The molecule has 1 aromatic carbocycles. The summed E-state index contributed by atoms with van der Waals surface area (Å²) >= 11 is 0. The average molecular weight is 311 g/mol. The van der Waals surface area contributed by atoms with Crippen molar-refractivity contribution in [3.05, 3.63) is 29.3 Å². The zero-order chi connectivity index (χ0) is 14.7. The van der Waals surface area contributed by atoms with E-state index in [0.29, 0.717) is 12.3 Å². The van der Waals surface area contributed by atoms with Gasteiger partial charge in [0.25, 0.3) is 0 Å². The highest BCUT2D eigenvalue weighted by Gasteiger charge is 2.22. The molecular formula is C17H27ClN2O. The number of aryl methyl sites for hydroxylation is 1. The van der Waals surface area contributed by atoms with Gasteiger partial charge in [0.05, 0.1) is 0 Å². The van der Waals surface area contributed by atoms with Gasteiger partial charge in [-0.3, -0.25) is 4.79 Å². The smallest absolute Gasteiger partial charge is 0.227 e. The van der Waals surface area contributed by atoms with Gasteiger partial charge in [0.1, 0.15) is 0 Å². The first-order valence-corrected chi connectivity index (χ1v) is 7.68. The number of fused-ring (bicyclic) bond motifs is 1. The van der Waals surface area contributed by atoms with Gasteiger partial charge in [-0.25, -0.2) is 0 Å². The standard InChI is InChI=1S/C17H26N2O.ClH/c1-12(2)14-7-8-16-15(11-14)5-4-10-19(16)17(20)9-6-13(3)18;/h7-8,11-13H,4-6,9-10,18H2,1-3H3;1H. The van der Waals surface area contributed by atoms with E-state index in [0.717, 1.165) is 31.5 Å². The molecule has 1 unspecified atom stereocenters. The Hall–Kier alpha value is -1.06.